The van der Waals surface area contributed by atoms with Crippen molar-refractivity contribution in [2.75, 3.05) is 19.8 Å². The third kappa shape index (κ3) is 9.12. The maximum Gasteiger partial charge on any atom is 0.221 e. The molecule has 1 amide bonds. The first-order valence-corrected chi connectivity index (χ1v) is 6.33. The van der Waals surface area contributed by atoms with Gasteiger partial charge in [-0.1, -0.05) is 34.6 Å². The SMILES string of the molecule is CC(C)COCCNC(=O)CC(N)C(C)(C)C. The summed E-state index contributed by atoms with van der Waals surface area (Å²) in [5.74, 6) is 0.528. The Morgan fingerprint density at radius 3 is 2.41 bits per heavy atom. The number of hydrogen-bond donors (Lipinski definition) is 2. The molecule has 102 valence electrons. The molecular formula is C13H28N2O2. The zero-order valence-corrected chi connectivity index (χ0v) is 11.9. The quantitative estimate of drug-likeness (QED) is 0.668. The maximum atomic E-state index is 11.6. The van der Waals surface area contributed by atoms with Crippen LogP contribution in [-0.4, -0.2) is 31.7 Å². The first kappa shape index (κ1) is 16.4. The van der Waals surface area contributed by atoms with E-state index < -0.39 is 0 Å². The first-order valence-electron chi connectivity index (χ1n) is 6.33. The predicted molar refractivity (Wildman–Crippen MR) is 70.7 cm³/mol. The van der Waals surface area contributed by atoms with Gasteiger partial charge < -0.3 is 15.8 Å². The molecule has 0 saturated heterocycles. The standard InChI is InChI=1S/C13H28N2O2/c1-10(2)9-17-7-6-15-12(16)8-11(14)13(3,4)5/h10-11H,6-9,14H2,1-5H3,(H,15,16). The topological polar surface area (TPSA) is 64.3 Å². The summed E-state index contributed by atoms with van der Waals surface area (Å²) in [6, 6.07) is -0.112. The molecule has 0 aromatic heterocycles. The van der Waals surface area contributed by atoms with Crippen LogP contribution >= 0.6 is 0 Å². The van der Waals surface area contributed by atoms with Crippen molar-refractivity contribution in [1.29, 1.82) is 0 Å². The summed E-state index contributed by atoms with van der Waals surface area (Å²) in [5, 5.41) is 2.82. The number of carbonyl (C=O) groups is 1. The van der Waals surface area contributed by atoms with Crippen LogP contribution in [0, 0.1) is 11.3 Å². The summed E-state index contributed by atoms with van der Waals surface area (Å²) >= 11 is 0. The van der Waals surface area contributed by atoms with E-state index in [4.69, 9.17) is 10.5 Å². The minimum Gasteiger partial charge on any atom is -0.379 e. The van der Waals surface area contributed by atoms with E-state index in [0.717, 1.165) is 6.61 Å². The summed E-state index contributed by atoms with van der Waals surface area (Å²) < 4.78 is 5.37. The van der Waals surface area contributed by atoms with E-state index in [1.165, 1.54) is 0 Å². The molecule has 3 N–H and O–H groups in total. The van der Waals surface area contributed by atoms with Crippen LogP contribution in [0.25, 0.3) is 0 Å². The third-order valence-electron chi connectivity index (χ3n) is 2.54. The minimum absolute atomic E-state index is 0.000530. The van der Waals surface area contributed by atoms with Crippen LogP contribution in [0.1, 0.15) is 41.0 Å². The van der Waals surface area contributed by atoms with Gasteiger partial charge in [-0.3, -0.25) is 4.79 Å². The Hall–Kier alpha value is -0.610. The van der Waals surface area contributed by atoms with Gasteiger partial charge in [0.25, 0.3) is 0 Å². The molecule has 4 heteroatoms. The van der Waals surface area contributed by atoms with Crippen molar-refractivity contribution in [3.05, 3.63) is 0 Å². The molecule has 0 bridgehead atoms. The van der Waals surface area contributed by atoms with E-state index in [0.29, 0.717) is 25.5 Å². The van der Waals surface area contributed by atoms with E-state index in [2.05, 4.69) is 19.2 Å². The van der Waals surface area contributed by atoms with Crippen LogP contribution < -0.4 is 11.1 Å². The van der Waals surface area contributed by atoms with E-state index in [1.54, 1.807) is 0 Å². The Balaban J connectivity index is 3.60. The number of rotatable bonds is 7. The molecule has 0 aliphatic carbocycles. The summed E-state index contributed by atoms with van der Waals surface area (Å²) in [6.07, 6.45) is 0.369. The Morgan fingerprint density at radius 2 is 1.94 bits per heavy atom. The summed E-state index contributed by atoms with van der Waals surface area (Å²) in [7, 11) is 0. The highest BCUT2D eigenvalue weighted by Crippen LogP contribution is 2.19. The van der Waals surface area contributed by atoms with Gasteiger partial charge in [0, 0.05) is 25.6 Å². The van der Waals surface area contributed by atoms with Crippen molar-refractivity contribution in [2.45, 2.75) is 47.1 Å². The van der Waals surface area contributed by atoms with Gasteiger partial charge in [0.05, 0.1) is 6.61 Å². The van der Waals surface area contributed by atoms with Gasteiger partial charge in [-0.2, -0.15) is 0 Å². The second-order valence-electron chi connectivity index (χ2n) is 6.00. The lowest BCUT2D eigenvalue weighted by Crippen LogP contribution is -2.40. The zero-order valence-electron chi connectivity index (χ0n) is 11.9. The van der Waals surface area contributed by atoms with Crippen LogP contribution in [0.4, 0.5) is 0 Å². The van der Waals surface area contributed by atoms with Gasteiger partial charge in [0.2, 0.25) is 5.91 Å². The molecule has 0 heterocycles. The van der Waals surface area contributed by atoms with Gasteiger partial charge in [-0.25, -0.2) is 0 Å². The second kappa shape index (κ2) is 7.67. The Kier molecular flexibility index (Phi) is 7.39. The van der Waals surface area contributed by atoms with Crippen molar-refractivity contribution in [1.82, 2.24) is 5.32 Å². The van der Waals surface area contributed by atoms with E-state index in [-0.39, 0.29) is 17.4 Å². The average molecular weight is 244 g/mol. The lowest BCUT2D eigenvalue weighted by Gasteiger charge is -2.26. The van der Waals surface area contributed by atoms with E-state index in [9.17, 15) is 4.79 Å². The molecule has 0 aliphatic heterocycles. The average Bonchev–Trinajstić information content (AvgIpc) is 2.15. The number of carbonyl (C=O) groups excluding carboxylic acids is 1. The summed E-state index contributed by atoms with van der Waals surface area (Å²) in [4.78, 5) is 11.6. The molecule has 0 aromatic carbocycles. The molecule has 17 heavy (non-hydrogen) atoms. The molecule has 1 atom stereocenters. The fourth-order valence-corrected chi connectivity index (χ4v) is 1.16. The minimum atomic E-state index is -0.112. The van der Waals surface area contributed by atoms with Crippen LogP contribution in [-0.2, 0) is 9.53 Å². The van der Waals surface area contributed by atoms with Gasteiger partial charge >= 0.3 is 0 Å². The zero-order chi connectivity index (χ0) is 13.5. The fraction of sp³-hybridized carbons (Fsp3) is 0.923. The highest BCUT2D eigenvalue weighted by molar-refractivity contribution is 5.76. The fourth-order valence-electron chi connectivity index (χ4n) is 1.16. The molecule has 0 fully saturated rings. The molecule has 0 aromatic rings. The lowest BCUT2D eigenvalue weighted by atomic mass is 9.85. The van der Waals surface area contributed by atoms with Crippen molar-refractivity contribution < 1.29 is 9.53 Å². The molecule has 0 rings (SSSR count). The molecule has 0 saturated carbocycles. The second-order valence-corrected chi connectivity index (χ2v) is 6.00. The smallest absolute Gasteiger partial charge is 0.221 e. The van der Waals surface area contributed by atoms with Crippen LogP contribution in [0.2, 0.25) is 0 Å². The van der Waals surface area contributed by atoms with Crippen LogP contribution in [0.15, 0.2) is 0 Å². The van der Waals surface area contributed by atoms with Crippen molar-refractivity contribution in [3.8, 4) is 0 Å². The molecule has 4 nitrogen and oxygen atoms in total. The van der Waals surface area contributed by atoms with Crippen molar-refractivity contribution in [3.63, 3.8) is 0 Å². The Morgan fingerprint density at radius 1 is 1.35 bits per heavy atom. The summed E-state index contributed by atoms with van der Waals surface area (Å²) in [6.45, 7) is 12.2. The molecule has 0 spiro atoms. The van der Waals surface area contributed by atoms with Gasteiger partial charge in [-0.05, 0) is 11.3 Å². The van der Waals surface area contributed by atoms with E-state index in [1.807, 2.05) is 20.8 Å². The Labute approximate surface area is 105 Å². The predicted octanol–water partition coefficient (Wildman–Crippen LogP) is 1.54. The van der Waals surface area contributed by atoms with Crippen molar-refractivity contribution >= 4 is 5.91 Å². The number of nitrogens with two attached hydrogens (primary N) is 1. The highest BCUT2D eigenvalue weighted by atomic mass is 16.5. The van der Waals surface area contributed by atoms with Crippen LogP contribution in [0.3, 0.4) is 0 Å². The van der Waals surface area contributed by atoms with Gasteiger partial charge in [0.1, 0.15) is 0 Å². The van der Waals surface area contributed by atoms with Crippen molar-refractivity contribution in [2.24, 2.45) is 17.1 Å². The van der Waals surface area contributed by atoms with Gasteiger partial charge in [-0.15, -0.1) is 0 Å². The number of hydrogen-bond acceptors (Lipinski definition) is 3. The number of ether oxygens (including phenoxy) is 1. The normalized spacial score (nSPS) is 13.8. The summed E-state index contributed by atoms with van der Waals surface area (Å²) in [5.41, 5.74) is 5.89. The largest absolute Gasteiger partial charge is 0.379 e. The maximum absolute atomic E-state index is 11.6. The third-order valence-corrected chi connectivity index (χ3v) is 2.54. The number of amides is 1. The Bertz CT molecular complexity index is 222. The molecule has 1 unspecified atom stereocenters. The first-order chi connectivity index (χ1) is 7.73. The highest BCUT2D eigenvalue weighted by Gasteiger charge is 2.22. The lowest BCUT2D eigenvalue weighted by molar-refractivity contribution is -0.122. The molecule has 0 aliphatic rings. The molecule has 0 radical (unpaired) electrons. The van der Waals surface area contributed by atoms with Crippen LogP contribution in [0.5, 0.6) is 0 Å². The monoisotopic (exact) mass is 244 g/mol. The van der Waals surface area contributed by atoms with Gasteiger partial charge in [0.15, 0.2) is 0 Å². The molecular weight excluding hydrogens is 216 g/mol. The van der Waals surface area contributed by atoms with E-state index >= 15 is 0 Å². The number of nitrogens with one attached hydrogen (secondary N) is 1.